The molecule has 0 atom stereocenters. The van der Waals surface area contributed by atoms with Gasteiger partial charge in [-0.15, -0.1) is 0 Å². The van der Waals surface area contributed by atoms with E-state index >= 15 is 0 Å². The van der Waals surface area contributed by atoms with Crippen molar-refractivity contribution in [1.29, 1.82) is 0 Å². The van der Waals surface area contributed by atoms with E-state index in [0.29, 0.717) is 54.4 Å². The predicted molar refractivity (Wildman–Crippen MR) is 112 cm³/mol. The molecule has 1 heterocycles. The van der Waals surface area contributed by atoms with E-state index in [2.05, 4.69) is 4.72 Å². The SMILES string of the molecule is COc1cc(C)c(S(=O)(=O)Nc2cc(C(F)(F)F)ccc2N2CCOCC2)c(C)c1C. The number of hydrogen-bond acceptors (Lipinski definition) is 5. The Morgan fingerprint density at radius 2 is 1.71 bits per heavy atom. The van der Waals surface area contributed by atoms with Gasteiger partial charge >= 0.3 is 6.18 Å². The van der Waals surface area contributed by atoms with Gasteiger partial charge in [0.25, 0.3) is 10.0 Å². The summed E-state index contributed by atoms with van der Waals surface area (Å²) in [5.41, 5.74) is 0.883. The fraction of sp³-hybridized carbons (Fsp3) is 0.429. The van der Waals surface area contributed by atoms with Gasteiger partial charge in [0.15, 0.2) is 0 Å². The van der Waals surface area contributed by atoms with Crippen molar-refractivity contribution in [2.24, 2.45) is 0 Å². The van der Waals surface area contributed by atoms with Crippen LogP contribution >= 0.6 is 0 Å². The zero-order valence-corrected chi connectivity index (χ0v) is 18.6. The highest BCUT2D eigenvalue weighted by Crippen LogP contribution is 2.38. The average molecular weight is 459 g/mol. The molecular weight excluding hydrogens is 433 g/mol. The number of morpholine rings is 1. The number of halogens is 3. The van der Waals surface area contributed by atoms with E-state index in [4.69, 9.17) is 9.47 Å². The summed E-state index contributed by atoms with van der Waals surface area (Å²) in [7, 11) is -2.69. The van der Waals surface area contributed by atoms with Gasteiger partial charge in [0.2, 0.25) is 0 Å². The number of anilines is 2. The lowest BCUT2D eigenvalue weighted by Gasteiger charge is -2.31. The maximum atomic E-state index is 13.3. The summed E-state index contributed by atoms with van der Waals surface area (Å²) in [6.07, 6.45) is -4.60. The first-order chi connectivity index (χ1) is 14.5. The van der Waals surface area contributed by atoms with E-state index in [1.54, 1.807) is 31.7 Å². The molecule has 6 nitrogen and oxygen atoms in total. The molecule has 1 saturated heterocycles. The van der Waals surface area contributed by atoms with Crippen molar-refractivity contribution in [2.45, 2.75) is 31.8 Å². The summed E-state index contributed by atoms with van der Waals surface area (Å²) in [6.45, 7) is 6.70. The van der Waals surface area contributed by atoms with Gasteiger partial charge in [0.1, 0.15) is 5.75 Å². The van der Waals surface area contributed by atoms with Gasteiger partial charge in [0.05, 0.1) is 42.2 Å². The highest BCUT2D eigenvalue weighted by atomic mass is 32.2. The molecule has 1 N–H and O–H groups in total. The first-order valence-electron chi connectivity index (χ1n) is 9.67. The topological polar surface area (TPSA) is 67.9 Å². The van der Waals surface area contributed by atoms with Crippen molar-refractivity contribution in [3.63, 3.8) is 0 Å². The van der Waals surface area contributed by atoms with Gasteiger partial charge in [0, 0.05) is 13.1 Å². The summed E-state index contributed by atoms with van der Waals surface area (Å²) < 4.78 is 79.6. The molecule has 31 heavy (non-hydrogen) atoms. The Morgan fingerprint density at radius 3 is 2.29 bits per heavy atom. The van der Waals surface area contributed by atoms with Crippen molar-refractivity contribution in [2.75, 3.05) is 43.0 Å². The molecule has 2 aromatic rings. The fourth-order valence-electron chi connectivity index (χ4n) is 3.72. The lowest BCUT2D eigenvalue weighted by molar-refractivity contribution is -0.137. The average Bonchev–Trinajstić information content (AvgIpc) is 2.70. The van der Waals surface area contributed by atoms with Crippen LogP contribution in [0.4, 0.5) is 24.5 Å². The summed E-state index contributed by atoms with van der Waals surface area (Å²) in [6, 6.07) is 4.69. The molecular formula is C21H25F3N2O4S. The van der Waals surface area contributed by atoms with E-state index in [9.17, 15) is 21.6 Å². The van der Waals surface area contributed by atoms with Crippen LogP contribution in [0.2, 0.25) is 0 Å². The largest absolute Gasteiger partial charge is 0.496 e. The number of nitrogens with one attached hydrogen (secondary N) is 1. The third-order valence-electron chi connectivity index (χ3n) is 5.39. The van der Waals surface area contributed by atoms with Crippen LogP contribution in [0.3, 0.4) is 0 Å². The Labute approximate surface area is 180 Å². The molecule has 1 aliphatic heterocycles. The Morgan fingerprint density at radius 1 is 1.06 bits per heavy atom. The maximum Gasteiger partial charge on any atom is 0.416 e. The molecule has 0 aliphatic carbocycles. The predicted octanol–water partition coefficient (Wildman–Crippen LogP) is 4.28. The highest BCUT2D eigenvalue weighted by molar-refractivity contribution is 7.92. The van der Waals surface area contributed by atoms with Gasteiger partial charge < -0.3 is 14.4 Å². The first kappa shape index (κ1) is 23.2. The minimum absolute atomic E-state index is 0.0242. The third-order valence-corrected chi connectivity index (χ3v) is 7.04. The zero-order valence-electron chi connectivity index (χ0n) is 17.8. The minimum atomic E-state index is -4.60. The first-order valence-corrected chi connectivity index (χ1v) is 11.2. The Kier molecular flexibility index (Phi) is 6.43. The van der Waals surface area contributed by atoms with Crippen molar-refractivity contribution in [1.82, 2.24) is 0 Å². The molecule has 0 unspecified atom stereocenters. The van der Waals surface area contributed by atoms with E-state index in [1.807, 2.05) is 0 Å². The number of alkyl halides is 3. The third kappa shape index (κ3) is 4.74. The van der Waals surface area contributed by atoms with Crippen molar-refractivity contribution in [3.05, 3.63) is 46.5 Å². The molecule has 1 aliphatic rings. The lowest BCUT2D eigenvalue weighted by Crippen LogP contribution is -2.37. The smallest absolute Gasteiger partial charge is 0.416 e. The number of nitrogens with zero attached hydrogens (tertiary/aromatic N) is 1. The highest BCUT2D eigenvalue weighted by Gasteiger charge is 2.33. The van der Waals surface area contributed by atoms with Crippen molar-refractivity contribution < 1.29 is 31.1 Å². The monoisotopic (exact) mass is 458 g/mol. The van der Waals surface area contributed by atoms with Crippen LogP contribution in [0.5, 0.6) is 5.75 Å². The van der Waals surface area contributed by atoms with Gasteiger partial charge in [-0.25, -0.2) is 8.42 Å². The maximum absolute atomic E-state index is 13.3. The second kappa shape index (κ2) is 8.58. The van der Waals surface area contributed by atoms with E-state index in [0.717, 1.165) is 12.1 Å². The van der Waals surface area contributed by atoms with E-state index in [-0.39, 0.29) is 10.6 Å². The molecule has 0 amide bonds. The Balaban J connectivity index is 2.11. The molecule has 1 fully saturated rings. The molecule has 0 saturated carbocycles. The van der Waals surface area contributed by atoms with Crippen LogP contribution in [0.25, 0.3) is 0 Å². The second-order valence-electron chi connectivity index (χ2n) is 7.41. The van der Waals surface area contributed by atoms with E-state index in [1.165, 1.54) is 13.2 Å². The molecule has 2 aromatic carbocycles. The zero-order chi connectivity index (χ0) is 23.0. The number of rotatable bonds is 5. The summed E-state index contributed by atoms with van der Waals surface area (Å²) in [4.78, 5) is 1.83. The summed E-state index contributed by atoms with van der Waals surface area (Å²) in [5, 5.41) is 0. The van der Waals surface area contributed by atoms with Crippen molar-refractivity contribution >= 4 is 21.4 Å². The number of hydrogen-bond donors (Lipinski definition) is 1. The summed E-state index contributed by atoms with van der Waals surface area (Å²) in [5.74, 6) is 0.544. The van der Waals surface area contributed by atoms with Crippen LogP contribution in [-0.2, 0) is 20.9 Å². The van der Waals surface area contributed by atoms with Crippen LogP contribution in [0.1, 0.15) is 22.3 Å². The van der Waals surface area contributed by atoms with E-state index < -0.39 is 21.8 Å². The van der Waals surface area contributed by atoms with Crippen LogP contribution in [-0.4, -0.2) is 41.8 Å². The van der Waals surface area contributed by atoms with Crippen LogP contribution in [0.15, 0.2) is 29.2 Å². The van der Waals surface area contributed by atoms with Crippen LogP contribution in [0, 0.1) is 20.8 Å². The molecule has 0 radical (unpaired) electrons. The Hall–Kier alpha value is -2.46. The molecule has 0 aromatic heterocycles. The summed E-state index contributed by atoms with van der Waals surface area (Å²) >= 11 is 0. The Bertz CT molecular complexity index is 1080. The number of methoxy groups -OCH3 is 1. The normalized spacial score (nSPS) is 15.1. The number of benzene rings is 2. The molecule has 0 spiro atoms. The quantitative estimate of drug-likeness (QED) is 0.725. The number of sulfonamides is 1. The van der Waals surface area contributed by atoms with Gasteiger partial charge in [-0.1, -0.05) is 0 Å². The van der Waals surface area contributed by atoms with Crippen LogP contribution < -0.4 is 14.4 Å². The molecule has 170 valence electrons. The van der Waals surface area contributed by atoms with Crippen molar-refractivity contribution in [3.8, 4) is 5.75 Å². The number of aryl methyl sites for hydroxylation is 1. The second-order valence-corrected chi connectivity index (χ2v) is 9.03. The minimum Gasteiger partial charge on any atom is -0.496 e. The van der Waals surface area contributed by atoms with Gasteiger partial charge in [-0.05, 0) is 61.7 Å². The lowest BCUT2D eigenvalue weighted by atomic mass is 10.1. The standard InChI is InChI=1S/C21H25F3N2O4S/c1-13-11-19(29-4)14(2)15(3)20(13)31(27,28)25-17-12-16(21(22,23)24)5-6-18(17)26-7-9-30-10-8-26/h5-6,11-12,25H,7-10H2,1-4H3. The molecule has 0 bridgehead atoms. The van der Waals surface area contributed by atoms with Gasteiger partial charge in [-0.2, -0.15) is 13.2 Å². The van der Waals surface area contributed by atoms with Gasteiger partial charge in [-0.3, -0.25) is 4.72 Å². The number of ether oxygens (including phenoxy) is 2. The molecule has 10 heteroatoms. The fourth-order valence-corrected chi connectivity index (χ4v) is 5.31. The molecule has 3 rings (SSSR count).